The molecule has 0 bridgehead atoms. The van der Waals surface area contributed by atoms with Crippen molar-refractivity contribution in [1.29, 1.82) is 0 Å². The lowest BCUT2D eigenvalue weighted by Gasteiger charge is -2.38. The van der Waals surface area contributed by atoms with Crippen LogP contribution in [0.2, 0.25) is 5.02 Å². The minimum absolute atomic E-state index is 0.381. The lowest BCUT2D eigenvalue weighted by molar-refractivity contribution is -1.04. The van der Waals surface area contributed by atoms with Gasteiger partial charge in [0.25, 0.3) is 0 Å². The lowest BCUT2D eigenvalue weighted by Crippen LogP contribution is -3.28. The van der Waals surface area contributed by atoms with E-state index in [2.05, 4.69) is 97.1 Å². The summed E-state index contributed by atoms with van der Waals surface area (Å²) >= 11 is 8.43. The molecule has 176 valence electrons. The first kappa shape index (κ1) is 22.9. The van der Waals surface area contributed by atoms with Crippen LogP contribution in [0.25, 0.3) is 0 Å². The van der Waals surface area contributed by atoms with Crippen molar-refractivity contribution in [2.45, 2.75) is 28.3 Å². The molecule has 4 aromatic rings. The Balaban J connectivity index is 1.28. The van der Waals surface area contributed by atoms with Gasteiger partial charge in [0, 0.05) is 37.9 Å². The van der Waals surface area contributed by atoms with E-state index in [1.165, 1.54) is 32.0 Å². The molecule has 2 aliphatic rings. The molecule has 0 aliphatic carbocycles. The highest BCUT2D eigenvalue weighted by Crippen LogP contribution is 2.40. The zero-order valence-corrected chi connectivity index (χ0v) is 21.4. The fourth-order valence-corrected chi connectivity index (χ4v) is 7.26. The summed E-state index contributed by atoms with van der Waals surface area (Å²) in [4.78, 5) is 6.10. The van der Waals surface area contributed by atoms with E-state index in [1.807, 2.05) is 17.8 Å². The maximum atomic E-state index is 6.52. The number of hydrogen-bond acceptors (Lipinski definition) is 1. The quantitative estimate of drug-likeness (QED) is 0.416. The molecule has 0 amide bonds. The van der Waals surface area contributed by atoms with Crippen molar-refractivity contribution in [1.82, 2.24) is 0 Å². The third-order valence-electron chi connectivity index (χ3n) is 7.67. The molecule has 1 saturated heterocycles. The molecule has 2 aliphatic heterocycles. The second-order valence-corrected chi connectivity index (χ2v) is 11.2. The minimum atomic E-state index is 0.381. The Bertz CT molecular complexity index is 1250. The first-order valence-electron chi connectivity index (χ1n) is 12.6. The fourth-order valence-electron chi connectivity index (χ4n) is 5.95. The van der Waals surface area contributed by atoms with E-state index in [4.69, 9.17) is 11.6 Å². The molecule has 2 nitrogen and oxygen atoms in total. The molecule has 2 heterocycles. The van der Waals surface area contributed by atoms with Gasteiger partial charge < -0.3 is 9.80 Å². The smallest absolute Gasteiger partial charge is 0.139 e. The molecule has 0 spiro atoms. The van der Waals surface area contributed by atoms with Crippen LogP contribution in [-0.4, -0.2) is 26.2 Å². The summed E-state index contributed by atoms with van der Waals surface area (Å²) in [6.45, 7) is 4.64. The van der Waals surface area contributed by atoms with Crippen molar-refractivity contribution >= 4 is 23.4 Å². The van der Waals surface area contributed by atoms with Gasteiger partial charge in [0.05, 0.1) is 0 Å². The zero-order chi connectivity index (χ0) is 23.6. The highest BCUT2D eigenvalue weighted by atomic mass is 35.5. The van der Waals surface area contributed by atoms with Gasteiger partial charge in [-0.15, -0.1) is 0 Å². The predicted molar refractivity (Wildman–Crippen MR) is 145 cm³/mol. The summed E-state index contributed by atoms with van der Waals surface area (Å²) in [7, 11) is 0. The molecule has 0 aromatic heterocycles. The summed E-state index contributed by atoms with van der Waals surface area (Å²) in [5.41, 5.74) is 5.70. The van der Waals surface area contributed by atoms with Crippen LogP contribution in [0.1, 0.15) is 34.3 Å². The van der Waals surface area contributed by atoms with Gasteiger partial charge in [-0.25, -0.2) is 0 Å². The number of fused-ring (bicyclic) bond motifs is 2. The first-order chi connectivity index (χ1) is 17.3. The van der Waals surface area contributed by atoms with Crippen LogP contribution in [-0.2, 0) is 6.42 Å². The molecule has 6 rings (SSSR count). The van der Waals surface area contributed by atoms with E-state index < -0.39 is 0 Å². The third-order valence-corrected chi connectivity index (χ3v) is 9.11. The molecule has 4 heteroatoms. The van der Waals surface area contributed by atoms with Gasteiger partial charge in [0.1, 0.15) is 38.3 Å². The lowest BCUT2D eigenvalue weighted by atomic mass is 9.94. The van der Waals surface area contributed by atoms with Crippen molar-refractivity contribution in [2.24, 2.45) is 0 Å². The largest absolute Gasteiger partial charge is 0.319 e. The fraction of sp³-hybridized carbons (Fsp3) is 0.226. The van der Waals surface area contributed by atoms with E-state index in [-0.39, 0.29) is 0 Å². The van der Waals surface area contributed by atoms with Crippen LogP contribution < -0.4 is 9.80 Å². The highest BCUT2D eigenvalue weighted by molar-refractivity contribution is 7.99. The number of nitrogens with one attached hydrogen (secondary N) is 2. The number of benzene rings is 4. The van der Waals surface area contributed by atoms with E-state index in [9.17, 15) is 0 Å². The Kier molecular flexibility index (Phi) is 6.67. The van der Waals surface area contributed by atoms with Crippen molar-refractivity contribution in [3.63, 3.8) is 0 Å². The molecule has 4 aromatic carbocycles. The van der Waals surface area contributed by atoms with Gasteiger partial charge in [-0.1, -0.05) is 102 Å². The van der Waals surface area contributed by atoms with Crippen LogP contribution in [0.5, 0.6) is 0 Å². The number of halogens is 1. The molecule has 35 heavy (non-hydrogen) atoms. The topological polar surface area (TPSA) is 8.88 Å². The van der Waals surface area contributed by atoms with E-state index >= 15 is 0 Å². The average molecular weight is 499 g/mol. The van der Waals surface area contributed by atoms with Crippen LogP contribution in [0.15, 0.2) is 113 Å². The van der Waals surface area contributed by atoms with Crippen LogP contribution in [0.3, 0.4) is 0 Å². The summed E-state index contributed by atoms with van der Waals surface area (Å²) in [5.74, 6) is 0. The highest BCUT2D eigenvalue weighted by Gasteiger charge is 2.37. The summed E-state index contributed by atoms with van der Waals surface area (Å²) in [6.07, 6.45) is 1.07. The van der Waals surface area contributed by atoms with Gasteiger partial charge in [-0.2, -0.15) is 0 Å². The Labute approximate surface area is 217 Å². The molecular weight excluding hydrogens is 468 g/mol. The average Bonchev–Trinajstić information content (AvgIpc) is 3.07. The minimum Gasteiger partial charge on any atom is -0.319 e. The number of rotatable bonds is 4. The van der Waals surface area contributed by atoms with Crippen molar-refractivity contribution in [2.75, 3.05) is 26.2 Å². The normalized spacial score (nSPS) is 21.7. The molecule has 0 unspecified atom stereocenters. The summed E-state index contributed by atoms with van der Waals surface area (Å²) in [6, 6.07) is 38.3. The molecule has 0 saturated carbocycles. The monoisotopic (exact) mass is 498 g/mol. The van der Waals surface area contributed by atoms with Gasteiger partial charge in [-0.05, 0) is 29.8 Å². The molecule has 2 N–H and O–H groups in total. The second kappa shape index (κ2) is 10.2. The Morgan fingerprint density at radius 2 is 1.31 bits per heavy atom. The van der Waals surface area contributed by atoms with E-state index in [1.54, 1.807) is 9.80 Å². The number of quaternary nitrogens is 2. The Morgan fingerprint density at radius 1 is 0.686 bits per heavy atom. The predicted octanol–water partition coefficient (Wildman–Crippen LogP) is 4.66. The van der Waals surface area contributed by atoms with Crippen LogP contribution in [0.4, 0.5) is 0 Å². The zero-order valence-electron chi connectivity index (χ0n) is 19.8. The Morgan fingerprint density at radius 3 is 2.00 bits per heavy atom. The second-order valence-electron chi connectivity index (χ2n) is 9.72. The van der Waals surface area contributed by atoms with Gasteiger partial charge >= 0.3 is 0 Å². The Hall–Kier alpha value is -2.56. The van der Waals surface area contributed by atoms with Crippen LogP contribution in [0, 0.1) is 0 Å². The standard InChI is InChI=1S/C31H29ClN2S/c32-26-15-16-30-27(22-26)28(21-25-13-7-8-14-29(25)35-30)33-17-19-34(20-18-33)31(23-9-3-1-4-10-23)24-11-5-2-6-12-24/h1-16,22,28,31H,17-21H2/p+2/t28-/m1/s1. The van der Waals surface area contributed by atoms with Crippen molar-refractivity contribution < 1.29 is 9.80 Å². The SMILES string of the molecule is Clc1ccc2c(c1)[C@H]([NH+]1CC[NH+](C(c3ccccc3)c3ccccc3)CC1)Cc1ccccc1S2. The van der Waals surface area contributed by atoms with E-state index in [0.29, 0.717) is 12.1 Å². The van der Waals surface area contributed by atoms with Gasteiger partial charge in [0.2, 0.25) is 0 Å². The summed E-state index contributed by atoms with van der Waals surface area (Å²) < 4.78 is 0. The molecule has 0 radical (unpaired) electrons. The van der Waals surface area contributed by atoms with Gasteiger partial charge in [0.15, 0.2) is 0 Å². The molecule has 1 atom stereocenters. The maximum absolute atomic E-state index is 6.52. The maximum Gasteiger partial charge on any atom is 0.139 e. The van der Waals surface area contributed by atoms with Crippen molar-refractivity contribution in [3.05, 3.63) is 130 Å². The number of piperazine rings is 1. The first-order valence-corrected chi connectivity index (χ1v) is 13.8. The third kappa shape index (κ3) is 4.79. The number of hydrogen-bond donors (Lipinski definition) is 2. The summed E-state index contributed by atoms with van der Waals surface area (Å²) in [5, 5.41) is 0.845. The van der Waals surface area contributed by atoms with Crippen LogP contribution >= 0.6 is 23.4 Å². The van der Waals surface area contributed by atoms with Crippen molar-refractivity contribution in [3.8, 4) is 0 Å². The molecule has 1 fully saturated rings. The van der Waals surface area contributed by atoms with Gasteiger partial charge in [-0.3, -0.25) is 0 Å². The molecular formula is C31H31ClN2S+2. The van der Waals surface area contributed by atoms with E-state index in [0.717, 1.165) is 37.6 Å².